The Morgan fingerprint density at radius 1 is 1.15 bits per heavy atom. The number of aryl methyl sites for hydroxylation is 2. The van der Waals surface area contributed by atoms with Crippen molar-refractivity contribution in [1.29, 1.82) is 5.26 Å². The molecule has 0 saturated heterocycles. The van der Waals surface area contributed by atoms with E-state index in [1.165, 1.54) is 0 Å². The molecular formula is C20H16IN3O2. The second-order valence-electron chi connectivity index (χ2n) is 5.98. The van der Waals surface area contributed by atoms with E-state index in [-0.39, 0.29) is 5.91 Å². The molecule has 5 nitrogen and oxygen atoms in total. The van der Waals surface area contributed by atoms with Gasteiger partial charge >= 0.3 is 0 Å². The standard InChI is InChI=1S/C20H16IN3O2/c1-12-7-13(2)9-16(8-12)26-17-10-18(24-20(25)19(17)21)23-15-5-3-14(11-22)4-6-15/h3-10,19H,1-2H3,(H,23,24,25). The number of amidine groups is 1. The zero-order chi connectivity index (χ0) is 18.7. The Bertz CT molecular complexity index is 936. The maximum atomic E-state index is 12.3. The number of amides is 1. The minimum atomic E-state index is -0.437. The van der Waals surface area contributed by atoms with Gasteiger partial charge < -0.3 is 10.1 Å². The summed E-state index contributed by atoms with van der Waals surface area (Å²) in [5, 5.41) is 11.6. The lowest BCUT2D eigenvalue weighted by Gasteiger charge is -2.21. The zero-order valence-electron chi connectivity index (χ0n) is 14.3. The number of hydrogen-bond donors (Lipinski definition) is 1. The highest BCUT2D eigenvalue weighted by Gasteiger charge is 2.28. The minimum Gasteiger partial charge on any atom is -0.460 e. The number of nitrogens with one attached hydrogen (secondary N) is 1. The number of halogens is 1. The van der Waals surface area contributed by atoms with Crippen LogP contribution in [0.1, 0.15) is 16.7 Å². The minimum absolute atomic E-state index is 0.181. The van der Waals surface area contributed by atoms with Crippen molar-refractivity contribution < 1.29 is 9.53 Å². The lowest BCUT2D eigenvalue weighted by molar-refractivity contribution is -0.118. The van der Waals surface area contributed by atoms with Crippen LogP contribution in [0.15, 0.2) is 59.3 Å². The van der Waals surface area contributed by atoms with Gasteiger partial charge in [0.25, 0.3) is 0 Å². The van der Waals surface area contributed by atoms with Gasteiger partial charge in [0.2, 0.25) is 5.91 Å². The van der Waals surface area contributed by atoms with E-state index in [0.717, 1.165) is 11.1 Å². The van der Waals surface area contributed by atoms with Crippen LogP contribution >= 0.6 is 22.6 Å². The van der Waals surface area contributed by atoms with E-state index in [1.54, 1.807) is 30.3 Å². The fourth-order valence-electron chi connectivity index (χ4n) is 2.58. The van der Waals surface area contributed by atoms with Crippen LogP contribution in [-0.4, -0.2) is 15.7 Å². The number of nitrogens with zero attached hydrogens (tertiary/aromatic N) is 2. The van der Waals surface area contributed by atoms with Crippen molar-refractivity contribution in [2.45, 2.75) is 17.8 Å². The zero-order valence-corrected chi connectivity index (χ0v) is 16.4. The van der Waals surface area contributed by atoms with Crippen LogP contribution in [0.2, 0.25) is 0 Å². The highest BCUT2D eigenvalue weighted by Crippen LogP contribution is 2.25. The third-order valence-corrected chi connectivity index (χ3v) is 4.87. The molecule has 26 heavy (non-hydrogen) atoms. The molecule has 1 atom stereocenters. The summed E-state index contributed by atoms with van der Waals surface area (Å²) in [6.45, 7) is 4.00. The van der Waals surface area contributed by atoms with Crippen LogP contribution in [-0.2, 0) is 4.79 Å². The first-order valence-corrected chi connectivity index (χ1v) is 9.21. The van der Waals surface area contributed by atoms with Crippen LogP contribution in [0.5, 0.6) is 5.75 Å². The molecule has 1 unspecified atom stereocenters. The highest BCUT2D eigenvalue weighted by atomic mass is 127. The second kappa shape index (κ2) is 7.70. The summed E-state index contributed by atoms with van der Waals surface area (Å²) in [6, 6.07) is 14.8. The predicted octanol–water partition coefficient (Wildman–Crippen LogP) is 4.10. The number of alkyl halides is 1. The van der Waals surface area contributed by atoms with E-state index in [2.05, 4.69) is 22.4 Å². The summed E-state index contributed by atoms with van der Waals surface area (Å²) >= 11 is 2.04. The maximum Gasteiger partial charge on any atom is 0.246 e. The normalized spacial score (nSPS) is 18.1. The molecule has 0 saturated carbocycles. The van der Waals surface area contributed by atoms with Gasteiger partial charge in [-0.05, 0) is 61.4 Å². The predicted molar refractivity (Wildman–Crippen MR) is 109 cm³/mol. The number of aliphatic imine (C=N–C) groups is 1. The SMILES string of the molecule is Cc1cc(C)cc(OC2=CC(=Nc3ccc(C#N)cc3)NC(=O)C2I)c1. The lowest BCUT2D eigenvalue weighted by atomic mass is 10.1. The molecule has 0 bridgehead atoms. The van der Waals surface area contributed by atoms with Gasteiger partial charge in [-0.15, -0.1) is 0 Å². The van der Waals surface area contributed by atoms with E-state index >= 15 is 0 Å². The monoisotopic (exact) mass is 457 g/mol. The number of rotatable bonds is 3. The molecule has 6 heteroatoms. The van der Waals surface area contributed by atoms with Gasteiger partial charge in [-0.25, -0.2) is 4.99 Å². The number of hydrogen-bond acceptors (Lipinski definition) is 4. The van der Waals surface area contributed by atoms with Crippen LogP contribution in [0.4, 0.5) is 5.69 Å². The van der Waals surface area contributed by atoms with Crippen molar-refractivity contribution in [1.82, 2.24) is 5.32 Å². The van der Waals surface area contributed by atoms with Crippen molar-refractivity contribution in [3.05, 3.63) is 71.0 Å². The van der Waals surface area contributed by atoms with Gasteiger partial charge in [0, 0.05) is 6.08 Å². The van der Waals surface area contributed by atoms with Crippen molar-refractivity contribution in [3.63, 3.8) is 0 Å². The molecule has 0 aromatic heterocycles. The van der Waals surface area contributed by atoms with Crippen LogP contribution in [0, 0.1) is 25.2 Å². The van der Waals surface area contributed by atoms with Gasteiger partial charge in [0.05, 0.1) is 17.3 Å². The molecule has 2 aromatic rings. The van der Waals surface area contributed by atoms with Crippen molar-refractivity contribution in [3.8, 4) is 11.8 Å². The molecule has 0 spiro atoms. The lowest BCUT2D eigenvalue weighted by Crippen LogP contribution is -2.41. The number of ether oxygens (including phenoxy) is 1. The summed E-state index contributed by atoms with van der Waals surface area (Å²) in [6.07, 6.45) is 1.73. The van der Waals surface area contributed by atoms with Crippen LogP contribution < -0.4 is 10.1 Å². The molecule has 0 aliphatic carbocycles. The first kappa shape index (κ1) is 18.1. The first-order chi connectivity index (χ1) is 12.4. The van der Waals surface area contributed by atoms with Gasteiger partial charge in [0.15, 0.2) is 0 Å². The smallest absolute Gasteiger partial charge is 0.246 e. The van der Waals surface area contributed by atoms with Gasteiger partial charge in [-0.2, -0.15) is 5.26 Å². The summed E-state index contributed by atoms with van der Waals surface area (Å²) < 4.78 is 5.54. The topological polar surface area (TPSA) is 74.5 Å². The third kappa shape index (κ3) is 4.29. The molecule has 1 aliphatic heterocycles. The van der Waals surface area contributed by atoms with E-state index in [4.69, 9.17) is 10.00 Å². The fraction of sp³-hybridized carbons (Fsp3) is 0.150. The maximum absolute atomic E-state index is 12.3. The third-order valence-electron chi connectivity index (χ3n) is 3.69. The van der Waals surface area contributed by atoms with E-state index in [1.807, 2.05) is 48.6 Å². The van der Waals surface area contributed by atoms with E-state index < -0.39 is 3.92 Å². The molecule has 1 amide bonds. The molecule has 130 valence electrons. The van der Waals surface area contributed by atoms with Gasteiger partial charge in [0.1, 0.15) is 21.3 Å². The largest absolute Gasteiger partial charge is 0.460 e. The second-order valence-corrected chi connectivity index (χ2v) is 7.23. The van der Waals surface area contributed by atoms with Gasteiger partial charge in [-0.1, -0.05) is 28.7 Å². The highest BCUT2D eigenvalue weighted by molar-refractivity contribution is 14.1. The van der Waals surface area contributed by atoms with Crippen LogP contribution in [0.3, 0.4) is 0 Å². The molecule has 0 fully saturated rings. The molecule has 3 rings (SSSR count). The number of benzene rings is 2. The number of carbonyl (C=O) groups excluding carboxylic acids is 1. The molecule has 1 heterocycles. The quantitative estimate of drug-likeness (QED) is 0.557. The van der Waals surface area contributed by atoms with Crippen LogP contribution in [0.25, 0.3) is 0 Å². The Hall–Kier alpha value is -2.66. The van der Waals surface area contributed by atoms with Gasteiger partial charge in [-0.3, -0.25) is 4.79 Å². The number of carbonyl (C=O) groups is 1. The number of nitriles is 1. The summed E-state index contributed by atoms with van der Waals surface area (Å²) in [5.41, 5.74) is 3.39. The Balaban J connectivity index is 1.90. The Morgan fingerprint density at radius 2 is 1.81 bits per heavy atom. The first-order valence-electron chi connectivity index (χ1n) is 7.96. The Morgan fingerprint density at radius 3 is 2.42 bits per heavy atom. The molecule has 0 radical (unpaired) electrons. The van der Waals surface area contributed by atoms with Crippen molar-refractivity contribution in [2.24, 2.45) is 4.99 Å². The average molecular weight is 457 g/mol. The summed E-state index contributed by atoms with van der Waals surface area (Å²) in [5.74, 6) is 1.46. The molecular weight excluding hydrogens is 441 g/mol. The molecule has 2 aromatic carbocycles. The average Bonchev–Trinajstić information content (AvgIpc) is 2.59. The Labute approximate surface area is 165 Å². The van der Waals surface area contributed by atoms with Crippen molar-refractivity contribution >= 4 is 40.0 Å². The molecule has 1 N–H and O–H groups in total. The summed E-state index contributed by atoms with van der Waals surface area (Å²) in [4.78, 5) is 16.7. The Kier molecular flexibility index (Phi) is 5.38. The fourth-order valence-corrected chi connectivity index (χ4v) is 3.04. The molecule has 1 aliphatic rings. The van der Waals surface area contributed by atoms with E-state index in [9.17, 15) is 4.79 Å². The van der Waals surface area contributed by atoms with Crippen molar-refractivity contribution in [2.75, 3.05) is 0 Å². The van der Waals surface area contributed by atoms with E-state index in [0.29, 0.717) is 28.6 Å². The summed E-state index contributed by atoms with van der Waals surface area (Å²) in [7, 11) is 0.